The average Bonchev–Trinajstić information content (AvgIpc) is 3.24. The summed E-state index contributed by atoms with van der Waals surface area (Å²) in [6.45, 7) is 6.62. The molecule has 10 heteroatoms. The predicted octanol–water partition coefficient (Wildman–Crippen LogP) is 2.28. The van der Waals surface area contributed by atoms with Gasteiger partial charge in [0.1, 0.15) is 5.56 Å². The molecule has 0 spiro atoms. The van der Waals surface area contributed by atoms with Gasteiger partial charge < -0.3 is 19.7 Å². The number of pyridine rings is 1. The topological polar surface area (TPSA) is 116 Å². The highest BCUT2D eigenvalue weighted by Crippen LogP contribution is 2.23. The first-order chi connectivity index (χ1) is 15.4. The zero-order valence-electron chi connectivity index (χ0n) is 18.6. The summed E-state index contributed by atoms with van der Waals surface area (Å²) in [6.07, 6.45) is 3.99. The normalized spacial score (nSPS) is 14.3. The molecule has 2 amide bonds. The lowest BCUT2D eigenvalue weighted by Gasteiger charge is -2.31. The molecule has 3 rings (SSSR count). The van der Waals surface area contributed by atoms with Crippen LogP contribution in [0.25, 0.3) is 5.82 Å². The van der Waals surface area contributed by atoms with Crippen LogP contribution in [0.1, 0.15) is 55.6 Å². The van der Waals surface area contributed by atoms with Crippen LogP contribution in [-0.4, -0.2) is 70.0 Å². The summed E-state index contributed by atoms with van der Waals surface area (Å²) in [7, 11) is 0. The van der Waals surface area contributed by atoms with Gasteiger partial charge in [0.2, 0.25) is 0 Å². The van der Waals surface area contributed by atoms with Crippen LogP contribution in [0.15, 0.2) is 30.6 Å². The van der Waals surface area contributed by atoms with Gasteiger partial charge in [-0.15, -0.1) is 0 Å². The average molecular weight is 444 g/mol. The van der Waals surface area contributed by atoms with Gasteiger partial charge in [-0.25, -0.2) is 19.3 Å². The summed E-state index contributed by atoms with van der Waals surface area (Å²) >= 11 is 0. The van der Waals surface area contributed by atoms with Crippen LogP contribution < -0.4 is 5.32 Å². The molecule has 172 valence electrons. The van der Waals surface area contributed by atoms with Crippen molar-refractivity contribution in [1.82, 2.24) is 25.0 Å². The Morgan fingerprint density at radius 2 is 1.94 bits per heavy atom. The molecule has 0 saturated carbocycles. The van der Waals surface area contributed by atoms with E-state index in [1.54, 1.807) is 34.8 Å². The molecule has 0 atom stereocenters. The summed E-state index contributed by atoms with van der Waals surface area (Å²) in [4.78, 5) is 42.6. The molecule has 10 nitrogen and oxygen atoms in total. The number of carbonyl (C=O) groups excluding carboxylic acids is 3. The Balaban J connectivity index is 1.53. The number of hydrogen-bond acceptors (Lipinski definition) is 7. The maximum atomic E-state index is 12.7. The smallest absolute Gasteiger partial charge is 0.409 e. The Morgan fingerprint density at radius 1 is 1.19 bits per heavy atom. The van der Waals surface area contributed by atoms with Gasteiger partial charge in [0.15, 0.2) is 12.4 Å². The van der Waals surface area contributed by atoms with E-state index in [1.165, 1.54) is 6.20 Å². The summed E-state index contributed by atoms with van der Waals surface area (Å²) in [5.74, 6) is -0.401. The fourth-order valence-corrected chi connectivity index (χ4v) is 3.63. The number of rotatable bonds is 7. The van der Waals surface area contributed by atoms with Crippen LogP contribution >= 0.6 is 0 Å². The van der Waals surface area contributed by atoms with Crippen molar-refractivity contribution in [2.75, 3.05) is 26.3 Å². The van der Waals surface area contributed by atoms with Gasteiger partial charge in [0, 0.05) is 25.3 Å². The molecule has 0 unspecified atom stereocenters. The summed E-state index contributed by atoms with van der Waals surface area (Å²) in [6, 6.07) is 5.36. The highest BCUT2D eigenvalue weighted by atomic mass is 16.6. The van der Waals surface area contributed by atoms with Crippen molar-refractivity contribution in [1.29, 1.82) is 0 Å². The first kappa shape index (κ1) is 23.2. The van der Waals surface area contributed by atoms with E-state index in [-0.39, 0.29) is 30.6 Å². The van der Waals surface area contributed by atoms with Gasteiger partial charge in [-0.05, 0) is 37.8 Å². The highest BCUT2D eigenvalue weighted by molar-refractivity contribution is 5.92. The molecule has 0 aromatic carbocycles. The van der Waals surface area contributed by atoms with Gasteiger partial charge in [0.05, 0.1) is 18.5 Å². The van der Waals surface area contributed by atoms with Crippen molar-refractivity contribution in [2.45, 2.75) is 45.6 Å². The number of piperidine rings is 1. The number of carbonyl (C=O) groups is 3. The molecule has 1 N–H and O–H groups in total. The number of amides is 2. The van der Waals surface area contributed by atoms with Crippen LogP contribution in [0.4, 0.5) is 4.79 Å². The van der Waals surface area contributed by atoms with E-state index in [4.69, 9.17) is 9.47 Å². The molecule has 2 aromatic heterocycles. The summed E-state index contributed by atoms with van der Waals surface area (Å²) < 4.78 is 11.9. The molecule has 0 bridgehead atoms. The zero-order chi connectivity index (χ0) is 23.1. The lowest BCUT2D eigenvalue weighted by molar-refractivity contribution is -0.125. The van der Waals surface area contributed by atoms with Crippen LogP contribution in [0, 0.1) is 0 Å². The fourth-order valence-electron chi connectivity index (χ4n) is 3.63. The van der Waals surface area contributed by atoms with E-state index in [0.717, 1.165) is 0 Å². The molecule has 1 saturated heterocycles. The first-order valence-electron chi connectivity index (χ1n) is 10.8. The van der Waals surface area contributed by atoms with Crippen LogP contribution in [-0.2, 0) is 14.3 Å². The van der Waals surface area contributed by atoms with Crippen molar-refractivity contribution in [3.8, 4) is 5.82 Å². The molecular weight excluding hydrogens is 414 g/mol. The maximum absolute atomic E-state index is 12.7. The van der Waals surface area contributed by atoms with Crippen LogP contribution in [0.5, 0.6) is 0 Å². The number of esters is 1. The minimum Gasteiger partial charge on any atom is -0.452 e. The van der Waals surface area contributed by atoms with E-state index in [2.05, 4.69) is 15.4 Å². The van der Waals surface area contributed by atoms with E-state index in [0.29, 0.717) is 49.6 Å². The highest BCUT2D eigenvalue weighted by Gasteiger charge is 2.26. The molecular formula is C22H29N5O5. The van der Waals surface area contributed by atoms with E-state index < -0.39 is 5.97 Å². The molecule has 2 aromatic rings. The minimum absolute atomic E-state index is 0.0135. The third-order valence-corrected chi connectivity index (χ3v) is 5.16. The zero-order valence-corrected chi connectivity index (χ0v) is 18.6. The second kappa shape index (κ2) is 10.7. The Labute approximate surface area is 186 Å². The quantitative estimate of drug-likeness (QED) is 0.653. The van der Waals surface area contributed by atoms with Gasteiger partial charge >= 0.3 is 12.1 Å². The molecule has 1 aliphatic rings. The number of nitrogens with zero attached hydrogens (tertiary/aromatic N) is 4. The number of nitrogens with one attached hydrogen (secondary N) is 1. The standard InChI is InChI=1S/C22H29N5O5/c1-4-31-22(30)26-11-8-16(9-12-26)25-19(28)14-32-21(29)17-13-24-27(20(17)15(2)3)18-7-5-6-10-23-18/h5-7,10,13,15-16H,4,8-9,11-12,14H2,1-3H3,(H,25,28). The van der Waals surface area contributed by atoms with Crippen molar-refractivity contribution in [3.05, 3.63) is 41.9 Å². The van der Waals surface area contributed by atoms with Gasteiger partial charge in [-0.2, -0.15) is 5.10 Å². The molecule has 1 fully saturated rings. The lowest BCUT2D eigenvalue weighted by atomic mass is 10.1. The number of likely N-dealkylation sites (tertiary alicyclic amines) is 1. The van der Waals surface area contributed by atoms with Crippen LogP contribution in [0.3, 0.4) is 0 Å². The Morgan fingerprint density at radius 3 is 2.56 bits per heavy atom. The number of ether oxygens (including phenoxy) is 2. The van der Waals surface area contributed by atoms with Gasteiger partial charge in [-0.3, -0.25) is 4.79 Å². The third kappa shape index (κ3) is 5.63. The summed E-state index contributed by atoms with van der Waals surface area (Å²) in [5, 5.41) is 7.15. The number of hydrogen-bond donors (Lipinski definition) is 1. The van der Waals surface area contributed by atoms with E-state index in [1.807, 2.05) is 19.9 Å². The second-order valence-corrected chi connectivity index (χ2v) is 7.80. The predicted molar refractivity (Wildman–Crippen MR) is 115 cm³/mol. The minimum atomic E-state index is -0.608. The maximum Gasteiger partial charge on any atom is 0.409 e. The van der Waals surface area contributed by atoms with Gasteiger partial charge in [-0.1, -0.05) is 19.9 Å². The fraction of sp³-hybridized carbons (Fsp3) is 0.500. The molecule has 0 radical (unpaired) electrons. The van der Waals surface area contributed by atoms with E-state index >= 15 is 0 Å². The molecule has 32 heavy (non-hydrogen) atoms. The molecule has 3 heterocycles. The first-order valence-corrected chi connectivity index (χ1v) is 10.8. The summed E-state index contributed by atoms with van der Waals surface area (Å²) in [5.41, 5.74) is 0.974. The van der Waals surface area contributed by atoms with Crippen molar-refractivity contribution in [3.63, 3.8) is 0 Å². The second-order valence-electron chi connectivity index (χ2n) is 7.80. The Hall–Kier alpha value is -3.43. The third-order valence-electron chi connectivity index (χ3n) is 5.16. The molecule has 0 aliphatic carbocycles. The van der Waals surface area contributed by atoms with Crippen LogP contribution in [0.2, 0.25) is 0 Å². The SMILES string of the molecule is CCOC(=O)N1CCC(NC(=O)COC(=O)c2cnn(-c3ccccn3)c2C(C)C)CC1. The largest absolute Gasteiger partial charge is 0.452 e. The van der Waals surface area contributed by atoms with Crippen molar-refractivity contribution < 1.29 is 23.9 Å². The Bertz CT molecular complexity index is 935. The van der Waals surface area contributed by atoms with Gasteiger partial charge in [0.25, 0.3) is 5.91 Å². The lowest BCUT2D eigenvalue weighted by Crippen LogP contribution is -2.47. The number of aromatic nitrogens is 3. The van der Waals surface area contributed by atoms with E-state index in [9.17, 15) is 14.4 Å². The Kier molecular flexibility index (Phi) is 7.80. The monoisotopic (exact) mass is 443 g/mol. The molecule has 1 aliphatic heterocycles. The van der Waals surface area contributed by atoms with Crippen molar-refractivity contribution in [2.24, 2.45) is 0 Å². The van der Waals surface area contributed by atoms with Crippen molar-refractivity contribution >= 4 is 18.0 Å².